The first-order valence-electron chi connectivity index (χ1n) is 10.4. The zero-order valence-electron chi connectivity index (χ0n) is 19.6. The van der Waals surface area contributed by atoms with Gasteiger partial charge in [0, 0.05) is 23.9 Å². The minimum absolute atomic E-state index is 0.188. The molecule has 0 atom stereocenters. The van der Waals surface area contributed by atoms with Crippen molar-refractivity contribution in [3.63, 3.8) is 0 Å². The normalized spacial score (nSPS) is 13.8. The lowest BCUT2D eigenvalue weighted by Gasteiger charge is -2.34. The Hall–Kier alpha value is -4.21. The maximum Gasteiger partial charge on any atom is 0.203 e. The van der Waals surface area contributed by atoms with E-state index in [0.717, 1.165) is 6.20 Å². The minimum Gasteiger partial charge on any atom is -0.493 e. The Morgan fingerprint density at radius 1 is 1.00 bits per heavy atom. The summed E-state index contributed by atoms with van der Waals surface area (Å²) in [6.07, 6.45) is 1.12. The average molecular weight is 468 g/mol. The molecule has 0 aliphatic carbocycles. The summed E-state index contributed by atoms with van der Waals surface area (Å²) in [7, 11) is 4.59. The highest BCUT2D eigenvalue weighted by Gasteiger charge is 2.31. The van der Waals surface area contributed by atoms with Gasteiger partial charge in [0.2, 0.25) is 5.75 Å². The summed E-state index contributed by atoms with van der Waals surface area (Å²) in [4.78, 5) is 8.60. The Bertz CT molecular complexity index is 1220. The Labute approximate surface area is 196 Å². The summed E-state index contributed by atoms with van der Waals surface area (Å²) in [6, 6.07) is 8.46. The molecule has 1 aliphatic rings. The molecular formula is C24H26FN5O4. The van der Waals surface area contributed by atoms with Crippen molar-refractivity contribution in [3.8, 4) is 23.0 Å². The van der Waals surface area contributed by atoms with E-state index in [0.29, 0.717) is 51.8 Å². The van der Waals surface area contributed by atoms with Crippen molar-refractivity contribution in [1.82, 2.24) is 9.97 Å². The molecule has 178 valence electrons. The number of anilines is 5. The topological polar surface area (TPSA) is 98.8 Å². The molecule has 1 aromatic carbocycles. The van der Waals surface area contributed by atoms with Gasteiger partial charge in [-0.2, -0.15) is 0 Å². The van der Waals surface area contributed by atoms with Crippen LogP contribution >= 0.6 is 0 Å². The fraction of sp³-hybridized carbons (Fsp3) is 0.250. The number of pyridine rings is 2. The van der Waals surface area contributed by atoms with E-state index in [1.165, 1.54) is 27.4 Å². The molecule has 10 heteroatoms. The van der Waals surface area contributed by atoms with Gasteiger partial charge in [0.25, 0.3) is 0 Å². The summed E-state index contributed by atoms with van der Waals surface area (Å²) in [6.45, 7) is 7.80. The molecule has 0 unspecified atom stereocenters. The Morgan fingerprint density at radius 3 is 2.35 bits per heavy atom. The molecule has 0 amide bonds. The quantitative estimate of drug-likeness (QED) is 0.432. The predicted molar refractivity (Wildman–Crippen MR) is 129 cm³/mol. The molecule has 0 saturated carbocycles. The van der Waals surface area contributed by atoms with Crippen molar-refractivity contribution in [1.29, 1.82) is 0 Å². The lowest BCUT2D eigenvalue weighted by atomic mass is 10.0. The van der Waals surface area contributed by atoms with Crippen molar-refractivity contribution in [2.24, 2.45) is 0 Å². The van der Waals surface area contributed by atoms with Crippen molar-refractivity contribution in [3.05, 3.63) is 54.6 Å². The number of rotatable bonds is 7. The van der Waals surface area contributed by atoms with Gasteiger partial charge in [-0.3, -0.25) is 0 Å². The number of methoxy groups -OCH3 is 3. The second-order valence-corrected chi connectivity index (χ2v) is 7.97. The maximum absolute atomic E-state index is 14.5. The molecule has 3 aromatic rings. The number of hydrogen-bond acceptors (Lipinski definition) is 9. The van der Waals surface area contributed by atoms with Gasteiger partial charge >= 0.3 is 0 Å². The number of halogens is 1. The number of ether oxygens (including phenoxy) is 4. The van der Waals surface area contributed by atoms with Gasteiger partial charge in [0.05, 0.1) is 38.9 Å². The number of fused-ring (bicyclic) bond motifs is 1. The molecule has 3 heterocycles. The molecule has 0 bridgehead atoms. The highest BCUT2D eigenvalue weighted by Crippen LogP contribution is 2.41. The van der Waals surface area contributed by atoms with Crippen LogP contribution in [0.4, 0.5) is 33.2 Å². The van der Waals surface area contributed by atoms with Gasteiger partial charge in [0.15, 0.2) is 28.9 Å². The zero-order valence-corrected chi connectivity index (χ0v) is 19.6. The van der Waals surface area contributed by atoms with E-state index in [4.69, 9.17) is 18.9 Å². The summed E-state index contributed by atoms with van der Waals surface area (Å²) >= 11 is 0. The van der Waals surface area contributed by atoms with Crippen LogP contribution in [-0.2, 0) is 0 Å². The van der Waals surface area contributed by atoms with Crippen LogP contribution in [0.5, 0.6) is 23.0 Å². The van der Waals surface area contributed by atoms with Crippen LogP contribution in [0.15, 0.2) is 48.8 Å². The Kier molecular flexibility index (Phi) is 6.06. The number of nitrogens with one attached hydrogen (secondary N) is 3. The van der Waals surface area contributed by atoms with Gasteiger partial charge in [0.1, 0.15) is 17.2 Å². The van der Waals surface area contributed by atoms with Crippen LogP contribution in [0, 0.1) is 5.82 Å². The van der Waals surface area contributed by atoms with Gasteiger partial charge in [-0.15, -0.1) is 0 Å². The summed E-state index contributed by atoms with van der Waals surface area (Å²) in [5, 5.41) is 9.25. The second-order valence-electron chi connectivity index (χ2n) is 7.97. The molecule has 0 saturated heterocycles. The highest BCUT2D eigenvalue weighted by molar-refractivity contribution is 5.70. The van der Waals surface area contributed by atoms with Gasteiger partial charge < -0.3 is 34.9 Å². The summed E-state index contributed by atoms with van der Waals surface area (Å²) in [5.74, 6) is 2.78. The second kappa shape index (κ2) is 8.97. The minimum atomic E-state index is -0.561. The third-order valence-electron chi connectivity index (χ3n) is 5.27. The van der Waals surface area contributed by atoms with E-state index >= 15 is 0 Å². The highest BCUT2D eigenvalue weighted by atomic mass is 19.1. The third kappa shape index (κ3) is 4.47. The van der Waals surface area contributed by atoms with Crippen molar-refractivity contribution >= 4 is 28.8 Å². The molecule has 0 radical (unpaired) electrons. The number of aromatic nitrogens is 2. The van der Waals surface area contributed by atoms with E-state index in [-0.39, 0.29) is 5.69 Å². The molecule has 2 aromatic heterocycles. The van der Waals surface area contributed by atoms with Crippen LogP contribution in [0.1, 0.15) is 13.8 Å². The van der Waals surface area contributed by atoms with Crippen LogP contribution in [0.2, 0.25) is 0 Å². The van der Waals surface area contributed by atoms with Crippen LogP contribution in [-0.4, -0.2) is 36.9 Å². The van der Waals surface area contributed by atoms with Gasteiger partial charge in [-0.05, 0) is 26.0 Å². The van der Waals surface area contributed by atoms with Crippen molar-refractivity contribution in [2.75, 3.05) is 37.3 Å². The van der Waals surface area contributed by atoms with Crippen molar-refractivity contribution < 1.29 is 23.3 Å². The maximum atomic E-state index is 14.5. The lowest BCUT2D eigenvalue weighted by molar-refractivity contribution is 0.144. The smallest absolute Gasteiger partial charge is 0.203 e. The zero-order chi connectivity index (χ0) is 24.5. The molecule has 0 spiro atoms. The van der Waals surface area contributed by atoms with E-state index in [2.05, 4.69) is 32.5 Å². The lowest BCUT2D eigenvalue weighted by Crippen LogP contribution is -2.37. The monoisotopic (exact) mass is 467 g/mol. The van der Waals surface area contributed by atoms with Crippen molar-refractivity contribution in [2.45, 2.75) is 19.4 Å². The first-order chi connectivity index (χ1) is 16.2. The summed E-state index contributed by atoms with van der Waals surface area (Å²) < 4.78 is 36.6. The van der Waals surface area contributed by atoms with E-state index in [9.17, 15) is 4.39 Å². The Morgan fingerprint density at radius 2 is 1.71 bits per heavy atom. The van der Waals surface area contributed by atoms with Gasteiger partial charge in [-0.25, -0.2) is 14.4 Å². The fourth-order valence-corrected chi connectivity index (χ4v) is 3.36. The number of benzene rings is 1. The fourth-order valence-electron chi connectivity index (χ4n) is 3.36. The molecule has 1 aliphatic heterocycles. The largest absolute Gasteiger partial charge is 0.493 e. The molecule has 3 N–H and O–H groups in total. The van der Waals surface area contributed by atoms with Crippen LogP contribution in [0.3, 0.4) is 0 Å². The molecule has 4 rings (SSSR count). The van der Waals surface area contributed by atoms with Gasteiger partial charge in [-0.1, -0.05) is 6.58 Å². The predicted octanol–water partition coefficient (Wildman–Crippen LogP) is 5.23. The number of nitrogens with zero attached hydrogens (tertiary/aromatic N) is 2. The molecule has 9 nitrogen and oxygen atoms in total. The third-order valence-corrected chi connectivity index (χ3v) is 5.27. The SMILES string of the molecule is C=C1Nc2nc(Nc3cc(Nc4cc(OC)c(OC)c(OC)c4)ncc3F)ccc2OC1(C)C. The summed E-state index contributed by atoms with van der Waals surface area (Å²) in [5.41, 5.74) is 0.924. The van der Waals surface area contributed by atoms with Crippen LogP contribution in [0.25, 0.3) is 0 Å². The van der Waals surface area contributed by atoms with E-state index in [1.54, 1.807) is 24.3 Å². The first-order valence-corrected chi connectivity index (χ1v) is 10.4. The van der Waals surface area contributed by atoms with Crippen LogP contribution < -0.4 is 34.9 Å². The van der Waals surface area contributed by atoms with E-state index in [1.807, 2.05) is 13.8 Å². The first kappa shape index (κ1) is 23.0. The average Bonchev–Trinajstić information content (AvgIpc) is 2.81. The standard InChI is InChI=1S/C24H26FN5O4/c1-13-24(2,3)34-17-7-8-20(30-23(17)27-13)29-16-11-21(26-12-15(16)25)28-14-9-18(31-4)22(33-6)19(10-14)32-5/h7-12H,1H2,2-6H3,(H3,26,27,28,29,30). The molecule has 34 heavy (non-hydrogen) atoms. The Balaban J connectivity index is 1.58. The molecular weight excluding hydrogens is 441 g/mol. The number of hydrogen-bond donors (Lipinski definition) is 3. The van der Waals surface area contributed by atoms with E-state index < -0.39 is 11.4 Å². The molecule has 0 fully saturated rings.